The van der Waals surface area contributed by atoms with Gasteiger partial charge in [-0.1, -0.05) is 13.8 Å². The third-order valence-electron chi connectivity index (χ3n) is 2.82. The van der Waals surface area contributed by atoms with Crippen molar-refractivity contribution in [3.05, 3.63) is 0 Å². The first-order chi connectivity index (χ1) is 7.18. The van der Waals surface area contributed by atoms with Crippen LogP contribution in [0.5, 0.6) is 0 Å². The quantitative estimate of drug-likeness (QED) is 0.773. The molecule has 2 N–H and O–H groups in total. The molecule has 0 amide bonds. The topological polar surface area (TPSA) is 29.3 Å². The largest absolute Gasteiger partial charge is 0.394 e. The Hall–Kier alpha value is -0.290. The molecule has 0 aromatic heterocycles. The van der Waals surface area contributed by atoms with Gasteiger partial charge in [0.25, 0.3) is 0 Å². The van der Waals surface area contributed by atoms with Gasteiger partial charge in [0.2, 0.25) is 0 Å². The minimum atomic E-state index is -4.19. The number of nitrogens with two attached hydrogens (primary N) is 1. The van der Waals surface area contributed by atoms with Gasteiger partial charge >= 0.3 is 6.18 Å². The summed E-state index contributed by atoms with van der Waals surface area (Å²) in [5.74, 6) is -0.938. The molecular formula is C11H23F3N2. The molecule has 5 heteroatoms. The average Bonchev–Trinajstić information content (AvgIpc) is 2.10. The van der Waals surface area contributed by atoms with Crippen LogP contribution in [0.4, 0.5) is 13.2 Å². The fourth-order valence-electron chi connectivity index (χ4n) is 1.70. The number of hydrogen-bond acceptors (Lipinski definition) is 2. The molecule has 0 aromatic carbocycles. The van der Waals surface area contributed by atoms with Crippen molar-refractivity contribution >= 4 is 0 Å². The first kappa shape index (κ1) is 15.7. The number of hydrogen-bond donors (Lipinski definition) is 1. The zero-order valence-electron chi connectivity index (χ0n) is 10.5. The molecule has 0 radical (unpaired) electrons. The van der Waals surface area contributed by atoms with E-state index in [2.05, 4.69) is 13.8 Å². The molecule has 2 atom stereocenters. The second-order valence-corrected chi connectivity index (χ2v) is 4.89. The van der Waals surface area contributed by atoms with Crippen molar-refractivity contribution in [2.75, 3.05) is 20.1 Å². The SMILES string of the molecule is CC(C)CC(C)N(C)CC(CN)C(F)(F)F. The minimum absolute atomic E-state index is 0.0200. The van der Waals surface area contributed by atoms with Crippen LogP contribution in [-0.2, 0) is 0 Å². The predicted octanol–water partition coefficient (Wildman–Crippen LogP) is 2.49. The van der Waals surface area contributed by atoms with Crippen molar-refractivity contribution < 1.29 is 13.2 Å². The Morgan fingerprint density at radius 1 is 1.19 bits per heavy atom. The summed E-state index contributed by atoms with van der Waals surface area (Å²) < 4.78 is 37.5. The summed E-state index contributed by atoms with van der Waals surface area (Å²) in [7, 11) is 1.72. The highest BCUT2D eigenvalue weighted by atomic mass is 19.4. The molecule has 0 saturated carbocycles. The monoisotopic (exact) mass is 240 g/mol. The summed E-state index contributed by atoms with van der Waals surface area (Å²) in [6.45, 7) is 5.71. The van der Waals surface area contributed by atoms with Crippen LogP contribution in [0.2, 0.25) is 0 Å². The van der Waals surface area contributed by atoms with Crippen molar-refractivity contribution in [1.29, 1.82) is 0 Å². The maximum atomic E-state index is 12.5. The number of rotatable bonds is 6. The molecule has 0 fully saturated rings. The van der Waals surface area contributed by atoms with Crippen LogP contribution >= 0.6 is 0 Å². The molecule has 2 unspecified atom stereocenters. The highest BCUT2D eigenvalue weighted by Crippen LogP contribution is 2.26. The molecule has 0 rings (SSSR count). The van der Waals surface area contributed by atoms with E-state index in [-0.39, 0.29) is 19.1 Å². The fraction of sp³-hybridized carbons (Fsp3) is 1.00. The Kier molecular flexibility index (Phi) is 6.33. The van der Waals surface area contributed by atoms with Crippen molar-refractivity contribution in [3.63, 3.8) is 0 Å². The zero-order valence-corrected chi connectivity index (χ0v) is 10.5. The van der Waals surface area contributed by atoms with Crippen LogP contribution in [0.15, 0.2) is 0 Å². The van der Waals surface area contributed by atoms with Gasteiger partial charge in [0, 0.05) is 19.1 Å². The highest BCUT2D eigenvalue weighted by Gasteiger charge is 2.39. The Morgan fingerprint density at radius 3 is 2.00 bits per heavy atom. The lowest BCUT2D eigenvalue weighted by Crippen LogP contribution is -2.42. The Balaban J connectivity index is 4.25. The predicted molar refractivity (Wildman–Crippen MR) is 60.1 cm³/mol. The lowest BCUT2D eigenvalue weighted by Gasteiger charge is -2.30. The second kappa shape index (κ2) is 6.45. The first-order valence-electron chi connectivity index (χ1n) is 5.65. The van der Waals surface area contributed by atoms with Crippen LogP contribution < -0.4 is 5.73 Å². The van der Waals surface area contributed by atoms with Gasteiger partial charge in [-0.3, -0.25) is 0 Å². The number of alkyl halides is 3. The molecular weight excluding hydrogens is 217 g/mol. The smallest absolute Gasteiger partial charge is 0.330 e. The summed E-state index contributed by atoms with van der Waals surface area (Å²) in [5.41, 5.74) is 5.16. The summed E-state index contributed by atoms with van der Waals surface area (Å²) in [6.07, 6.45) is -3.30. The molecule has 0 aliphatic carbocycles. The molecule has 0 bridgehead atoms. The Morgan fingerprint density at radius 2 is 1.69 bits per heavy atom. The van der Waals surface area contributed by atoms with E-state index in [4.69, 9.17) is 5.73 Å². The maximum absolute atomic E-state index is 12.5. The lowest BCUT2D eigenvalue weighted by atomic mass is 10.0. The van der Waals surface area contributed by atoms with Gasteiger partial charge in [-0.05, 0) is 26.3 Å². The molecule has 0 heterocycles. The fourth-order valence-corrected chi connectivity index (χ4v) is 1.70. The minimum Gasteiger partial charge on any atom is -0.330 e. The van der Waals surface area contributed by atoms with E-state index in [1.807, 2.05) is 6.92 Å². The zero-order chi connectivity index (χ0) is 12.9. The van der Waals surface area contributed by atoms with Gasteiger partial charge < -0.3 is 10.6 Å². The third kappa shape index (κ3) is 5.70. The van der Waals surface area contributed by atoms with Gasteiger partial charge in [-0.15, -0.1) is 0 Å². The normalized spacial score (nSPS) is 16.9. The molecule has 0 spiro atoms. The van der Waals surface area contributed by atoms with Gasteiger partial charge in [-0.2, -0.15) is 13.2 Å². The van der Waals surface area contributed by atoms with Crippen LogP contribution in [0.1, 0.15) is 27.2 Å². The van der Waals surface area contributed by atoms with Gasteiger partial charge in [-0.25, -0.2) is 0 Å². The molecule has 0 aromatic rings. The van der Waals surface area contributed by atoms with Gasteiger partial charge in [0.05, 0.1) is 5.92 Å². The standard InChI is InChI=1S/C11H23F3N2/c1-8(2)5-9(3)16(4)7-10(6-15)11(12,13)14/h8-10H,5-7,15H2,1-4H3. The number of halogens is 3. The van der Waals surface area contributed by atoms with Gasteiger partial charge in [0.15, 0.2) is 0 Å². The molecule has 0 aliphatic heterocycles. The van der Waals surface area contributed by atoms with E-state index in [1.165, 1.54) is 0 Å². The molecule has 0 aliphatic rings. The summed E-state index contributed by atoms with van der Waals surface area (Å²) >= 11 is 0. The number of nitrogens with zero attached hydrogens (tertiary/aromatic N) is 1. The highest BCUT2D eigenvalue weighted by molar-refractivity contribution is 4.75. The third-order valence-corrected chi connectivity index (χ3v) is 2.82. The summed E-state index contributed by atoms with van der Waals surface area (Å²) in [4.78, 5) is 1.74. The van der Waals surface area contributed by atoms with Crippen LogP contribution in [-0.4, -0.2) is 37.3 Å². The van der Waals surface area contributed by atoms with Crippen molar-refractivity contribution in [1.82, 2.24) is 4.90 Å². The lowest BCUT2D eigenvalue weighted by molar-refractivity contribution is -0.176. The van der Waals surface area contributed by atoms with Crippen LogP contribution in [0.3, 0.4) is 0 Å². The van der Waals surface area contributed by atoms with Crippen molar-refractivity contribution in [2.45, 2.75) is 39.4 Å². The molecule has 2 nitrogen and oxygen atoms in total. The second-order valence-electron chi connectivity index (χ2n) is 4.89. The average molecular weight is 240 g/mol. The molecule has 98 valence electrons. The van der Waals surface area contributed by atoms with E-state index >= 15 is 0 Å². The van der Waals surface area contributed by atoms with E-state index in [0.29, 0.717) is 5.92 Å². The van der Waals surface area contributed by atoms with Crippen LogP contribution in [0.25, 0.3) is 0 Å². The van der Waals surface area contributed by atoms with E-state index in [9.17, 15) is 13.2 Å². The van der Waals surface area contributed by atoms with Gasteiger partial charge in [0.1, 0.15) is 0 Å². The summed E-state index contributed by atoms with van der Waals surface area (Å²) in [6, 6.07) is 0.149. The van der Waals surface area contributed by atoms with E-state index in [1.54, 1.807) is 11.9 Å². The molecule has 0 saturated heterocycles. The van der Waals surface area contributed by atoms with Crippen molar-refractivity contribution in [3.8, 4) is 0 Å². The first-order valence-corrected chi connectivity index (χ1v) is 5.65. The van der Waals surface area contributed by atoms with E-state index in [0.717, 1.165) is 6.42 Å². The van der Waals surface area contributed by atoms with Crippen molar-refractivity contribution in [2.24, 2.45) is 17.6 Å². The van der Waals surface area contributed by atoms with Crippen LogP contribution in [0, 0.1) is 11.8 Å². The summed E-state index contributed by atoms with van der Waals surface area (Å²) in [5, 5.41) is 0. The van der Waals surface area contributed by atoms with E-state index < -0.39 is 12.1 Å². The Bertz CT molecular complexity index is 192. The maximum Gasteiger partial charge on any atom is 0.394 e. The Labute approximate surface area is 96.0 Å². The molecule has 16 heavy (non-hydrogen) atoms.